The van der Waals surface area contributed by atoms with Crippen LogP contribution in [0.25, 0.3) is 0 Å². The summed E-state index contributed by atoms with van der Waals surface area (Å²) in [5.41, 5.74) is 0.745. The number of hydrogen-bond donors (Lipinski definition) is 1. The number of rotatable bonds is 6. The van der Waals surface area contributed by atoms with E-state index in [0.29, 0.717) is 13.0 Å². The molecule has 0 spiro atoms. The molecular weight excluding hydrogens is 291 g/mol. The lowest BCUT2D eigenvalue weighted by Gasteiger charge is -2.12. The second kappa shape index (κ2) is 6.79. The van der Waals surface area contributed by atoms with Crippen molar-refractivity contribution in [3.63, 3.8) is 0 Å². The van der Waals surface area contributed by atoms with Gasteiger partial charge in [0.25, 0.3) is 0 Å². The average molecular weight is 306 g/mol. The molecule has 1 heterocycles. The van der Waals surface area contributed by atoms with Crippen molar-refractivity contribution in [2.75, 3.05) is 6.54 Å². The molecule has 1 amide bonds. The predicted molar refractivity (Wildman–Crippen MR) is 76.7 cm³/mol. The summed E-state index contributed by atoms with van der Waals surface area (Å²) in [6.07, 6.45) is 2.88. The van der Waals surface area contributed by atoms with E-state index in [2.05, 4.69) is 10.4 Å². The first-order valence-corrected chi connectivity index (χ1v) is 6.68. The van der Waals surface area contributed by atoms with E-state index in [0.717, 1.165) is 11.8 Å². The van der Waals surface area contributed by atoms with Gasteiger partial charge in [0, 0.05) is 6.54 Å². The first-order valence-electron chi connectivity index (χ1n) is 6.68. The Kier molecular flexibility index (Phi) is 4.82. The smallest absolute Gasteiger partial charge is 0.307 e. The molecule has 0 saturated heterocycles. The van der Waals surface area contributed by atoms with E-state index in [4.69, 9.17) is 0 Å². The summed E-state index contributed by atoms with van der Waals surface area (Å²) in [6.45, 7) is 1.99. The van der Waals surface area contributed by atoms with E-state index in [1.54, 1.807) is 19.1 Å². The molecule has 116 valence electrons. The van der Waals surface area contributed by atoms with Gasteiger partial charge in [-0.1, -0.05) is 12.1 Å². The molecule has 7 nitrogen and oxygen atoms in total. The summed E-state index contributed by atoms with van der Waals surface area (Å²) in [7, 11) is 0. The minimum absolute atomic E-state index is 0.161. The van der Waals surface area contributed by atoms with Crippen LogP contribution in [0.5, 0.6) is 0 Å². The molecule has 1 aromatic carbocycles. The van der Waals surface area contributed by atoms with Crippen LogP contribution < -0.4 is 5.32 Å². The molecule has 0 fully saturated rings. The lowest BCUT2D eigenvalue weighted by atomic mass is 10.1. The molecular formula is C14H15FN4O3. The highest BCUT2D eigenvalue weighted by atomic mass is 19.1. The largest absolute Gasteiger partial charge is 0.354 e. The minimum Gasteiger partial charge on any atom is -0.354 e. The van der Waals surface area contributed by atoms with E-state index in [1.165, 1.54) is 23.0 Å². The lowest BCUT2D eigenvalue weighted by Crippen LogP contribution is -2.32. The topological polar surface area (TPSA) is 90.1 Å². The Hall–Kier alpha value is -2.77. The molecule has 1 aromatic heterocycles. The Bertz CT molecular complexity index is 669. The van der Waals surface area contributed by atoms with Crippen molar-refractivity contribution in [2.45, 2.75) is 19.4 Å². The highest BCUT2D eigenvalue weighted by Crippen LogP contribution is 2.12. The van der Waals surface area contributed by atoms with E-state index in [9.17, 15) is 19.3 Å². The van der Waals surface area contributed by atoms with Crippen molar-refractivity contribution < 1.29 is 14.1 Å². The van der Waals surface area contributed by atoms with Crippen LogP contribution in [-0.2, 0) is 11.2 Å². The molecule has 0 saturated carbocycles. The average Bonchev–Trinajstić information content (AvgIpc) is 2.98. The maximum Gasteiger partial charge on any atom is 0.307 e. The SMILES string of the molecule is C[C@@H](C(=O)NCCc1ccc(F)cc1)n1cc([N+](=O)[O-])cn1. The number of carbonyl (C=O) groups excluding carboxylic acids is 1. The molecule has 1 atom stereocenters. The van der Waals surface area contributed by atoms with Gasteiger partial charge in [0.1, 0.15) is 24.3 Å². The predicted octanol–water partition coefficient (Wildman–Crippen LogP) is 1.85. The molecule has 8 heteroatoms. The Morgan fingerprint density at radius 3 is 2.73 bits per heavy atom. The van der Waals surface area contributed by atoms with Crippen LogP contribution in [0.15, 0.2) is 36.7 Å². The van der Waals surface area contributed by atoms with E-state index in [-0.39, 0.29) is 17.4 Å². The molecule has 0 radical (unpaired) electrons. The van der Waals surface area contributed by atoms with Gasteiger partial charge in [-0.25, -0.2) is 4.39 Å². The molecule has 2 aromatic rings. The summed E-state index contributed by atoms with van der Waals surface area (Å²) in [6, 6.07) is 5.39. The van der Waals surface area contributed by atoms with Crippen LogP contribution in [0, 0.1) is 15.9 Å². The van der Waals surface area contributed by atoms with Crippen LogP contribution in [0.1, 0.15) is 18.5 Å². The summed E-state index contributed by atoms with van der Waals surface area (Å²) < 4.78 is 14.0. The van der Waals surface area contributed by atoms with Crippen LogP contribution in [-0.4, -0.2) is 27.2 Å². The lowest BCUT2D eigenvalue weighted by molar-refractivity contribution is -0.385. The first-order chi connectivity index (χ1) is 10.5. The van der Waals surface area contributed by atoms with Crippen molar-refractivity contribution in [3.8, 4) is 0 Å². The van der Waals surface area contributed by atoms with Gasteiger partial charge in [0.15, 0.2) is 0 Å². The van der Waals surface area contributed by atoms with Gasteiger partial charge < -0.3 is 5.32 Å². The quantitative estimate of drug-likeness (QED) is 0.651. The van der Waals surface area contributed by atoms with Crippen molar-refractivity contribution in [1.29, 1.82) is 0 Å². The number of halogens is 1. The van der Waals surface area contributed by atoms with E-state index >= 15 is 0 Å². The van der Waals surface area contributed by atoms with E-state index < -0.39 is 11.0 Å². The van der Waals surface area contributed by atoms with Gasteiger partial charge in [0.2, 0.25) is 5.91 Å². The summed E-state index contributed by atoms with van der Waals surface area (Å²) in [5, 5.41) is 17.1. The van der Waals surface area contributed by atoms with Crippen molar-refractivity contribution in [3.05, 3.63) is 58.2 Å². The van der Waals surface area contributed by atoms with Gasteiger partial charge in [-0.05, 0) is 31.0 Å². The van der Waals surface area contributed by atoms with Crippen molar-refractivity contribution in [2.24, 2.45) is 0 Å². The number of nitro groups is 1. The molecule has 0 aliphatic heterocycles. The van der Waals surface area contributed by atoms with Crippen molar-refractivity contribution in [1.82, 2.24) is 15.1 Å². The molecule has 22 heavy (non-hydrogen) atoms. The van der Waals surface area contributed by atoms with Crippen LogP contribution in [0.4, 0.5) is 10.1 Å². The highest BCUT2D eigenvalue weighted by Gasteiger charge is 2.18. The third kappa shape index (κ3) is 3.87. The number of benzene rings is 1. The molecule has 0 unspecified atom stereocenters. The second-order valence-electron chi connectivity index (χ2n) is 4.78. The van der Waals surface area contributed by atoms with Gasteiger partial charge in [-0.3, -0.25) is 19.6 Å². The Morgan fingerprint density at radius 1 is 1.45 bits per heavy atom. The number of hydrogen-bond acceptors (Lipinski definition) is 4. The van der Waals surface area contributed by atoms with Gasteiger partial charge in [-0.15, -0.1) is 0 Å². The monoisotopic (exact) mass is 306 g/mol. The molecule has 1 N–H and O–H groups in total. The number of aromatic nitrogens is 2. The van der Waals surface area contributed by atoms with Gasteiger partial charge in [-0.2, -0.15) is 5.10 Å². The summed E-state index contributed by atoms with van der Waals surface area (Å²) in [4.78, 5) is 22.0. The van der Waals surface area contributed by atoms with Crippen LogP contribution in [0.2, 0.25) is 0 Å². The minimum atomic E-state index is -0.651. The number of amides is 1. The standard InChI is InChI=1S/C14H15FN4O3/c1-10(18-9-13(8-17-18)19(21)22)14(20)16-7-6-11-2-4-12(15)5-3-11/h2-5,8-10H,6-7H2,1H3,(H,16,20)/t10-/m0/s1. The molecule has 0 bridgehead atoms. The Morgan fingerprint density at radius 2 is 2.14 bits per heavy atom. The maximum atomic E-state index is 12.8. The molecule has 0 aliphatic carbocycles. The van der Waals surface area contributed by atoms with Crippen molar-refractivity contribution >= 4 is 11.6 Å². The zero-order valence-electron chi connectivity index (χ0n) is 11.9. The van der Waals surface area contributed by atoms with Gasteiger partial charge >= 0.3 is 5.69 Å². The summed E-state index contributed by atoms with van der Waals surface area (Å²) in [5.74, 6) is -0.596. The van der Waals surface area contributed by atoms with E-state index in [1.807, 2.05) is 0 Å². The maximum absolute atomic E-state index is 12.8. The third-order valence-corrected chi connectivity index (χ3v) is 3.20. The Balaban J connectivity index is 1.85. The highest BCUT2D eigenvalue weighted by molar-refractivity contribution is 5.79. The zero-order chi connectivity index (χ0) is 16.1. The third-order valence-electron chi connectivity index (χ3n) is 3.20. The fraction of sp³-hybridized carbons (Fsp3) is 0.286. The first kappa shape index (κ1) is 15.6. The summed E-state index contributed by atoms with van der Waals surface area (Å²) >= 11 is 0. The van der Waals surface area contributed by atoms with Gasteiger partial charge in [0.05, 0.1) is 4.92 Å². The number of carbonyl (C=O) groups is 1. The molecule has 2 rings (SSSR count). The zero-order valence-corrected chi connectivity index (χ0v) is 11.9. The number of nitrogens with zero attached hydrogens (tertiary/aromatic N) is 3. The fourth-order valence-electron chi connectivity index (χ4n) is 1.88. The second-order valence-corrected chi connectivity index (χ2v) is 4.78. The normalized spacial score (nSPS) is 11.9. The molecule has 0 aliphatic rings. The Labute approximate surface area is 125 Å². The fourth-order valence-corrected chi connectivity index (χ4v) is 1.88. The van der Waals surface area contributed by atoms with Crippen LogP contribution in [0.3, 0.4) is 0 Å². The number of nitrogens with one attached hydrogen (secondary N) is 1. The van der Waals surface area contributed by atoms with Crippen LogP contribution >= 0.6 is 0 Å².